The van der Waals surface area contributed by atoms with Gasteiger partial charge in [0.1, 0.15) is 11.4 Å². The molecule has 1 heterocycles. The van der Waals surface area contributed by atoms with E-state index in [4.69, 9.17) is 16.3 Å². The van der Waals surface area contributed by atoms with Crippen LogP contribution in [0.3, 0.4) is 0 Å². The molecule has 1 aliphatic heterocycles. The molecule has 0 fully saturated rings. The van der Waals surface area contributed by atoms with Gasteiger partial charge in [-0.25, -0.2) is 0 Å². The Kier molecular flexibility index (Phi) is 2.12. The molecule has 0 saturated heterocycles. The van der Waals surface area contributed by atoms with Gasteiger partial charge in [0.05, 0.1) is 5.75 Å². The van der Waals surface area contributed by atoms with Crippen molar-refractivity contribution in [1.29, 1.82) is 0 Å². The van der Waals surface area contributed by atoms with Crippen molar-refractivity contribution < 1.29 is 4.52 Å². The summed E-state index contributed by atoms with van der Waals surface area (Å²) in [6.07, 6.45) is -0.678. The summed E-state index contributed by atoms with van der Waals surface area (Å²) in [6.45, 7) is 0. The van der Waals surface area contributed by atoms with Crippen LogP contribution >= 0.6 is 17.5 Å². The molecule has 0 amide bonds. The van der Waals surface area contributed by atoms with Gasteiger partial charge in [-0.05, 0) is 6.07 Å². The molecule has 0 aromatic heterocycles. The van der Waals surface area contributed by atoms with Crippen molar-refractivity contribution in [3.8, 4) is 5.75 Å². The summed E-state index contributed by atoms with van der Waals surface area (Å²) in [5, 5.41) is 0. The summed E-state index contributed by atoms with van der Waals surface area (Å²) < 4.78 is 5.47. The van der Waals surface area contributed by atoms with Crippen LogP contribution in [-0.2, 0) is 17.6 Å². The van der Waals surface area contributed by atoms with Crippen LogP contribution in [0.15, 0.2) is 24.3 Å². The summed E-state index contributed by atoms with van der Waals surface area (Å²) >= 11 is 6.79. The number of hydrogen-bond acceptors (Lipinski definition) is 3. The molecule has 4 heteroatoms. The molecule has 11 heavy (non-hydrogen) atoms. The van der Waals surface area contributed by atoms with E-state index in [2.05, 4.69) is 6.07 Å². The zero-order chi connectivity index (χ0) is 7.68. The molecular weight excluding hydrogens is 195 g/mol. The van der Waals surface area contributed by atoms with Crippen molar-refractivity contribution in [2.75, 3.05) is 0 Å². The smallest absolute Gasteiger partial charge is 0.265 e. The Bertz CT molecular complexity index is 300. The molecule has 0 radical (unpaired) electrons. The first-order chi connectivity index (χ1) is 5.36. The van der Waals surface area contributed by atoms with Gasteiger partial charge in [0.2, 0.25) is 11.8 Å². The van der Waals surface area contributed by atoms with Gasteiger partial charge in [0, 0.05) is 5.56 Å². The molecule has 2 rings (SSSR count). The fraction of sp³-hybridized carbons (Fsp3) is 0.143. The van der Waals surface area contributed by atoms with Crippen molar-refractivity contribution in [1.82, 2.24) is 0 Å². The summed E-state index contributed by atoms with van der Waals surface area (Å²) in [6, 6.07) is 8.07. The molecule has 1 unspecified atom stereocenters. The Hall–Kier alpha value is -0.110. The third kappa shape index (κ3) is 1.56. The first-order valence-electron chi connectivity index (χ1n) is 3.22. The molecule has 0 spiro atoms. The fourth-order valence-electron chi connectivity index (χ4n) is 0.941. The maximum Gasteiger partial charge on any atom is 0.463 e. The second-order valence-corrected chi connectivity index (χ2v) is 6.83. The van der Waals surface area contributed by atoms with E-state index in [9.17, 15) is 0 Å². The van der Waals surface area contributed by atoms with Gasteiger partial charge < -0.3 is 0 Å². The summed E-state index contributed by atoms with van der Waals surface area (Å²) in [5.41, 5.74) is 1.26. The van der Waals surface area contributed by atoms with Gasteiger partial charge in [-0.3, -0.25) is 4.52 Å². The van der Waals surface area contributed by atoms with Crippen LogP contribution < -0.4 is 4.52 Å². The Morgan fingerprint density at radius 2 is 2.27 bits per heavy atom. The van der Waals surface area contributed by atoms with E-state index >= 15 is 0 Å². The van der Waals surface area contributed by atoms with Crippen LogP contribution in [0.4, 0.5) is 0 Å². The molecule has 56 valence electrons. The predicted molar refractivity (Wildman–Crippen MR) is 52.7 cm³/mol. The van der Waals surface area contributed by atoms with E-state index in [1.807, 2.05) is 18.2 Å². The van der Waals surface area contributed by atoms with Crippen molar-refractivity contribution in [2.45, 2.75) is 5.75 Å². The maximum atomic E-state index is 5.47. The molecule has 1 aromatic carbocycles. The Labute approximate surface area is 75.4 Å². The molecule has 0 bridgehead atoms. The van der Waals surface area contributed by atoms with E-state index in [-0.39, 0.29) is 0 Å². The number of benzene rings is 1. The lowest BCUT2D eigenvalue weighted by Gasteiger charge is -2.05. The molecule has 1 aromatic rings. The number of rotatable bonds is 0. The van der Waals surface area contributed by atoms with E-state index in [1.54, 1.807) is 11.4 Å². The highest BCUT2D eigenvalue weighted by molar-refractivity contribution is 8.62. The van der Waals surface area contributed by atoms with Crippen LogP contribution in [0, 0.1) is 0 Å². The van der Waals surface area contributed by atoms with E-state index in [0.29, 0.717) is 0 Å². The minimum Gasteiger partial charge on any atom is -0.265 e. The van der Waals surface area contributed by atoms with Crippen LogP contribution in [-0.4, -0.2) is 0 Å². The second kappa shape index (κ2) is 3.10. The lowest BCUT2D eigenvalue weighted by molar-refractivity contribution is 0.630. The van der Waals surface area contributed by atoms with Crippen LogP contribution in [0.25, 0.3) is 0 Å². The van der Waals surface area contributed by atoms with Crippen molar-refractivity contribution in [3.63, 3.8) is 0 Å². The van der Waals surface area contributed by atoms with Gasteiger partial charge in [-0.2, -0.15) is 0 Å². The van der Waals surface area contributed by atoms with Gasteiger partial charge in [-0.1, -0.05) is 18.2 Å². The monoisotopic (exact) mass is 201 g/mol. The standard InChI is InChI=1S/C7H6OPS2/c10-9-8-7-4-2-1-3-6(7)5-11-9/h1-4H,5H2/q+1. The zero-order valence-electron chi connectivity index (χ0n) is 5.69. The average Bonchev–Trinajstić information content (AvgIpc) is 2.04. The Morgan fingerprint density at radius 3 is 3.18 bits per heavy atom. The highest BCUT2D eigenvalue weighted by atomic mass is 32.9. The van der Waals surface area contributed by atoms with Crippen LogP contribution in [0.2, 0.25) is 0 Å². The topological polar surface area (TPSA) is 9.23 Å². The summed E-state index contributed by atoms with van der Waals surface area (Å²) in [7, 11) is 0. The quantitative estimate of drug-likeness (QED) is 0.597. The molecular formula is C7H6OPS2+. The first kappa shape index (κ1) is 7.53. The number of fused-ring (bicyclic) bond motifs is 1. The Morgan fingerprint density at radius 1 is 1.45 bits per heavy atom. The molecule has 1 aliphatic rings. The van der Waals surface area contributed by atoms with Gasteiger partial charge in [-0.15, -0.1) is 0 Å². The van der Waals surface area contributed by atoms with E-state index < -0.39 is 6.13 Å². The molecule has 0 saturated carbocycles. The minimum absolute atomic E-state index is 0.678. The third-order valence-corrected chi connectivity index (χ3v) is 4.88. The van der Waals surface area contributed by atoms with Crippen molar-refractivity contribution >= 4 is 29.3 Å². The minimum atomic E-state index is -0.678. The molecule has 0 aliphatic carbocycles. The van der Waals surface area contributed by atoms with Gasteiger partial charge >= 0.3 is 6.13 Å². The molecule has 0 N–H and O–H groups in total. The normalized spacial score (nSPS) is 18.7. The lowest BCUT2D eigenvalue weighted by Crippen LogP contribution is -1.91. The number of para-hydroxylation sites is 1. The van der Waals surface area contributed by atoms with Crippen LogP contribution in [0.1, 0.15) is 5.56 Å². The first-order valence-corrected chi connectivity index (χ1v) is 7.09. The van der Waals surface area contributed by atoms with E-state index in [0.717, 1.165) is 11.5 Å². The molecule has 1 nitrogen and oxygen atoms in total. The Balaban J connectivity index is 2.41. The van der Waals surface area contributed by atoms with Crippen molar-refractivity contribution in [2.24, 2.45) is 0 Å². The van der Waals surface area contributed by atoms with Gasteiger partial charge in [0.15, 0.2) is 5.75 Å². The summed E-state index contributed by atoms with van der Waals surface area (Å²) in [4.78, 5) is 0. The SMILES string of the molecule is S=[P+]1Oc2ccccc2CS1. The average molecular weight is 201 g/mol. The molecule has 1 atom stereocenters. The summed E-state index contributed by atoms with van der Waals surface area (Å²) in [5.74, 6) is 1.98. The highest BCUT2D eigenvalue weighted by Gasteiger charge is 2.24. The van der Waals surface area contributed by atoms with Gasteiger partial charge in [0.25, 0.3) is 0 Å². The largest absolute Gasteiger partial charge is 0.463 e. The fourth-order valence-corrected chi connectivity index (χ4v) is 3.66. The maximum absolute atomic E-state index is 5.47. The third-order valence-electron chi connectivity index (χ3n) is 1.47. The lowest BCUT2D eigenvalue weighted by atomic mass is 10.2. The number of hydrogen-bond donors (Lipinski definition) is 0. The van der Waals surface area contributed by atoms with E-state index in [1.165, 1.54) is 5.56 Å². The second-order valence-electron chi connectivity index (χ2n) is 2.20. The zero-order valence-corrected chi connectivity index (χ0v) is 8.22. The van der Waals surface area contributed by atoms with Crippen molar-refractivity contribution in [3.05, 3.63) is 29.8 Å². The van der Waals surface area contributed by atoms with Crippen LogP contribution in [0.5, 0.6) is 5.75 Å². The highest BCUT2D eigenvalue weighted by Crippen LogP contribution is 2.48. The predicted octanol–water partition coefficient (Wildman–Crippen LogP) is 3.09.